The summed E-state index contributed by atoms with van der Waals surface area (Å²) < 4.78 is 23.8. The van der Waals surface area contributed by atoms with Crippen LogP contribution in [0.2, 0.25) is 10.0 Å². The molecular formula is C32H32Cl2FN5O4. The van der Waals surface area contributed by atoms with Crippen molar-refractivity contribution in [2.75, 3.05) is 20.2 Å². The summed E-state index contributed by atoms with van der Waals surface area (Å²) in [5, 5.41) is 0.406. The van der Waals surface area contributed by atoms with E-state index in [1.54, 1.807) is 30.5 Å². The highest BCUT2D eigenvalue weighted by Gasteiger charge is 2.46. The van der Waals surface area contributed by atoms with Crippen LogP contribution in [-0.2, 0) is 11.3 Å². The fraction of sp³-hybridized carbons (Fsp3) is 0.344. The number of methoxy groups -OCH3 is 1. The van der Waals surface area contributed by atoms with Crippen LogP contribution in [0.4, 0.5) is 4.39 Å². The van der Waals surface area contributed by atoms with Crippen molar-refractivity contribution in [2.45, 2.75) is 51.7 Å². The first kappa shape index (κ1) is 31.4. The fourth-order valence-electron chi connectivity index (χ4n) is 5.62. The van der Waals surface area contributed by atoms with E-state index in [1.807, 2.05) is 27.7 Å². The molecule has 4 aromatic rings. The van der Waals surface area contributed by atoms with Gasteiger partial charge in [-0.15, -0.1) is 0 Å². The minimum Gasteiger partial charge on any atom is -0.496 e. The van der Waals surface area contributed by atoms with E-state index in [2.05, 4.69) is 11.6 Å². The Balaban J connectivity index is 1.89. The van der Waals surface area contributed by atoms with E-state index < -0.39 is 29.2 Å². The molecule has 0 aliphatic carbocycles. The molecule has 9 nitrogen and oxygen atoms in total. The predicted molar refractivity (Wildman–Crippen MR) is 170 cm³/mol. The first-order chi connectivity index (χ1) is 20.8. The average Bonchev–Trinajstić information content (AvgIpc) is 2.97. The van der Waals surface area contributed by atoms with E-state index in [9.17, 15) is 14.4 Å². The van der Waals surface area contributed by atoms with Gasteiger partial charge < -0.3 is 9.64 Å². The van der Waals surface area contributed by atoms with Crippen LogP contribution in [0.5, 0.6) is 5.75 Å². The van der Waals surface area contributed by atoms with Crippen molar-refractivity contribution in [2.24, 2.45) is 0 Å². The third-order valence-corrected chi connectivity index (χ3v) is 8.36. The van der Waals surface area contributed by atoms with Crippen molar-refractivity contribution in [1.82, 2.24) is 24.0 Å². The predicted octanol–water partition coefficient (Wildman–Crippen LogP) is 5.91. The number of aromatic nitrogens is 4. The number of amides is 1. The van der Waals surface area contributed by atoms with Gasteiger partial charge in [-0.25, -0.2) is 9.37 Å². The maximum absolute atomic E-state index is 15.9. The summed E-state index contributed by atoms with van der Waals surface area (Å²) in [6, 6.07) is 8.36. The molecule has 0 atom stereocenters. The highest BCUT2D eigenvalue weighted by Crippen LogP contribution is 2.41. The van der Waals surface area contributed by atoms with Gasteiger partial charge in [0, 0.05) is 6.20 Å². The van der Waals surface area contributed by atoms with Crippen molar-refractivity contribution < 1.29 is 13.9 Å². The summed E-state index contributed by atoms with van der Waals surface area (Å²) in [4.78, 5) is 50.8. The number of hydrogen-bond acceptors (Lipinski definition) is 6. The Labute approximate surface area is 263 Å². The van der Waals surface area contributed by atoms with E-state index in [4.69, 9.17) is 32.9 Å². The number of ether oxygens (including phenoxy) is 1. The van der Waals surface area contributed by atoms with Gasteiger partial charge in [0.05, 0.1) is 64.9 Å². The van der Waals surface area contributed by atoms with Gasteiger partial charge in [0.1, 0.15) is 5.75 Å². The normalized spacial score (nSPS) is 14.3. The van der Waals surface area contributed by atoms with E-state index in [0.29, 0.717) is 27.7 Å². The van der Waals surface area contributed by atoms with Gasteiger partial charge in [0.2, 0.25) is 5.91 Å². The van der Waals surface area contributed by atoms with Crippen molar-refractivity contribution in [1.29, 1.82) is 0 Å². The summed E-state index contributed by atoms with van der Waals surface area (Å²) >= 11 is 13.4. The fourth-order valence-corrected chi connectivity index (χ4v) is 6.11. The quantitative estimate of drug-likeness (QED) is 0.176. The number of pyridine rings is 2. The summed E-state index contributed by atoms with van der Waals surface area (Å²) in [5.41, 5.74) is -1.26. The Morgan fingerprint density at radius 1 is 1.11 bits per heavy atom. The molecule has 1 fully saturated rings. The second-order valence-corrected chi connectivity index (χ2v) is 12.3. The largest absolute Gasteiger partial charge is 0.496 e. The summed E-state index contributed by atoms with van der Waals surface area (Å²) in [7, 11) is 1.48. The molecule has 4 heterocycles. The molecule has 3 aromatic heterocycles. The maximum Gasteiger partial charge on any atom is 0.322 e. The smallest absolute Gasteiger partial charge is 0.322 e. The number of alkyl halides is 1. The van der Waals surface area contributed by atoms with Crippen molar-refractivity contribution in [3.63, 3.8) is 0 Å². The van der Waals surface area contributed by atoms with Crippen LogP contribution in [0.25, 0.3) is 28.1 Å². The van der Waals surface area contributed by atoms with Crippen LogP contribution < -0.4 is 15.9 Å². The van der Waals surface area contributed by atoms with E-state index >= 15 is 4.39 Å². The van der Waals surface area contributed by atoms with Crippen LogP contribution in [-0.4, -0.2) is 55.8 Å². The number of carbonyl (C=O) groups excluding carboxylic acids is 1. The molecule has 1 saturated heterocycles. The Morgan fingerprint density at radius 2 is 1.82 bits per heavy atom. The van der Waals surface area contributed by atoms with Gasteiger partial charge in [-0.05, 0) is 47.7 Å². The lowest BCUT2D eigenvalue weighted by molar-refractivity contribution is -0.141. The molecule has 0 N–H and O–H groups in total. The van der Waals surface area contributed by atoms with Crippen LogP contribution in [0.3, 0.4) is 0 Å². The summed E-state index contributed by atoms with van der Waals surface area (Å²) in [6.45, 7) is 10.3. The van der Waals surface area contributed by atoms with Crippen LogP contribution >= 0.6 is 23.2 Å². The van der Waals surface area contributed by atoms with E-state index in [0.717, 1.165) is 16.2 Å². The highest BCUT2D eigenvalue weighted by molar-refractivity contribution is 6.37. The lowest BCUT2D eigenvalue weighted by Gasteiger charge is -2.44. The molecule has 0 unspecified atom stereocenters. The van der Waals surface area contributed by atoms with Gasteiger partial charge in [0.25, 0.3) is 0 Å². The Kier molecular flexibility index (Phi) is 8.43. The topological polar surface area (TPSA) is 99.3 Å². The lowest BCUT2D eigenvalue weighted by Crippen LogP contribution is -2.63. The number of carbonyl (C=O) groups is 1. The SMILES string of the molecule is C=CC(=O)N1CC(F)(Cn2c(=O)c(=O)n(-c3c(C(C)C)ccnc3C(C)C)c3nc(-c4c(Cl)cccc4OC)c(Cl)cc32)C1. The van der Waals surface area contributed by atoms with E-state index in [-0.39, 0.29) is 46.8 Å². The monoisotopic (exact) mass is 639 g/mol. The summed E-state index contributed by atoms with van der Waals surface area (Å²) in [6.07, 6.45) is 2.77. The number of halogens is 3. The molecule has 0 bridgehead atoms. The van der Waals surface area contributed by atoms with Crippen molar-refractivity contribution in [3.8, 4) is 22.7 Å². The minimum atomic E-state index is -1.97. The van der Waals surface area contributed by atoms with Crippen LogP contribution in [0.15, 0.2) is 58.8 Å². The molecule has 1 aromatic carbocycles. The third-order valence-electron chi connectivity index (χ3n) is 7.75. The molecule has 12 heteroatoms. The average molecular weight is 641 g/mol. The zero-order chi connectivity index (χ0) is 32.1. The number of benzene rings is 1. The van der Waals surface area contributed by atoms with Crippen LogP contribution in [0, 0.1) is 0 Å². The van der Waals surface area contributed by atoms with Gasteiger partial charge in [-0.1, -0.05) is 63.5 Å². The molecule has 44 heavy (non-hydrogen) atoms. The molecular weight excluding hydrogens is 608 g/mol. The Morgan fingerprint density at radius 3 is 2.43 bits per heavy atom. The zero-order valence-corrected chi connectivity index (χ0v) is 26.5. The second-order valence-electron chi connectivity index (χ2n) is 11.5. The summed E-state index contributed by atoms with van der Waals surface area (Å²) in [5.74, 6) is -0.207. The Hall–Kier alpha value is -4.02. The highest BCUT2D eigenvalue weighted by atomic mass is 35.5. The van der Waals surface area contributed by atoms with Gasteiger partial charge in [0.15, 0.2) is 11.3 Å². The first-order valence-corrected chi connectivity index (χ1v) is 14.9. The molecule has 1 aliphatic heterocycles. The van der Waals surface area contributed by atoms with Crippen LogP contribution in [0.1, 0.15) is 50.8 Å². The third kappa shape index (κ3) is 5.30. The minimum absolute atomic E-state index is 0.0530. The number of rotatable bonds is 8. The van der Waals surface area contributed by atoms with Gasteiger partial charge >= 0.3 is 11.1 Å². The van der Waals surface area contributed by atoms with Gasteiger partial charge in [-0.3, -0.25) is 28.5 Å². The molecule has 0 spiro atoms. The molecule has 1 amide bonds. The van der Waals surface area contributed by atoms with Crippen molar-refractivity contribution in [3.05, 3.63) is 91.2 Å². The molecule has 0 radical (unpaired) electrons. The zero-order valence-electron chi connectivity index (χ0n) is 25.0. The van der Waals surface area contributed by atoms with Crippen molar-refractivity contribution >= 4 is 40.3 Å². The number of nitrogens with zero attached hydrogens (tertiary/aromatic N) is 5. The lowest BCUT2D eigenvalue weighted by atomic mass is 9.95. The Bertz CT molecular complexity index is 1900. The standard InChI is InChI=1S/C32H32Cl2FN5O4/c1-7-24(41)38-14-32(35,15-38)16-39-22-13-21(34)27(25-20(33)9-8-10-23(25)44-6)37-29(22)40(31(43)30(39)42)28-19(17(2)3)11-12-36-26(28)18(4)5/h7-13,17-18H,1,14-16H2,2-6H3. The second kappa shape index (κ2) is 11.8. The first-order valence-electron chi connectivity index (χ1n) is 14.1. The molecule has 230 valence electrons. The number of fused-ring (bicyclic) bond motifs is 1. The van der Waals surface area contributed by atoms with Gasteiger partial charge in [-0.2, -0.15) is 0 Å². The maximum atomic E-state index is 15.9. The number of hydrogen-bond donors (Lipinski definition) is 0. The van der Waals surface area contributed by atoms with E-state index in [1.165, 1.54) is 22.6 Å². The molecule has 0 saturated carbocycles. The molecule has 5 rings (SSSR count). The number of likely N-dealkylation sites (tertiary alicyclic amines) is 1. The molecule has 1 aliphatic rings.